The zero-order valence-electron chi connectivity index (χ0n) is 12.5. The largest absolute Gasteiger partial charge is 0.507 e. The van der Waals surface area contributed by atoms with Gasteiger partial charge < -0.3 is 14.8 Å². The molecular formula is C17H15N3O3. The summed E-state index contributed by atoms with van der Waals surface area (Å²) >= 11 is 0. The van der Waals surface area contributed by atoms with E-state index in [9.17, 15) is 15.2 Å². The van der Waals surface area contributed by atoms with Crippen molar-refractivity contribution < 1.29 is 14.6 Å². The second kappa shape index (κ2) is 7.61. The predicted molar refractivity (Wildman–Crippen MR) is 86.2 cm³/mol. The molecule has 1 heterocycles. The molecular weight excluding hydrogens is 294 g/mol. The number of fused-ring (bicyclic) bond motifs is 1. The van der Waals surface area contributed by atoms with Crippen molar-refractivity contribution in [2.75, 3.05) is 6.61 Å². The highest BCUT2D eigenvalue weighted by Gasteiger charge is 2.14. The van der Waals surface area contributed by atoms with Crippen LogP contribution in [0.5, 0.6) is 0 Å². The molecule has 0 saturated carbocycles. The van der Waals surface area contributed by atoms with E-state index in [1.54, 1.807) is 18.2 Å². The first-order valence-electron chi connectivity index (χ1n) is 6.89. The van der Waals surface area contributed by atoms with Gasteiger partial charge in [0.2, 0.25) is 0 Å². The molecule has 0 aliphatic carbocycles. The Morgan fingerprint density at radius 1 is 1.43 bits per heavy atom. The van der Waals surface area contributed by atoms with E-state index in [0.717, 1.165) is 5.52 Å². The third kappa shape index (κ3) is 4.08. The van der Waals surface area contributed by atoms with Gasteiger partial charge in [-0.15, -0.1) is 0 Å². The Morgan fingerprint density at radius 3 is 2.91 bits per heavy atom. The molecule has 116 valence electrons. The average molecular weight is 309 g/mol. The van der Waals surface area contributed by atoms with Gasteiger partial charge in [0.25, 0.3) is 0 Å². The molecule has 0 bridgehead atoms. The van der Waals surface area contributed by atoms with Crippen LogP contribution < -0.4 is 0 Å². The molecule has 0 aliphatic rings. The van der Waals surface area contributed by atoms with Crippen LogP contribution in [0, 0.1) is 11.3 Å². The third-order valence-electron chi connectivity index (χ3n) is 2.91. The van der Waals surface area contributed by atoms with E-state index in [0.29, 0.717) is 5.52 Å². The first-order chi connectivity index (χ1) is 11.2. The highest BCUT2D eigenvalue weighted by atomic mass is 16.5. The second-order valence-electron chi connectivity index (χ2n) is 4.53. The van der Waals surface area contributed by atoms with E-state index in [4.69, 9.17) is 4.74 Å². The highest BCUT2D eigenvalue weighted by Crippen LogP contribution is 2.18. The van der Waals surface area contributed by atoms with E-state index in [2.05, 4.69) is 9.97 Å². The molecule has 23 heavy (non-hydrogen) atoms. The summed E-state index contributed by atoms with van der Waals surface area (Å²) in [7, 11) is 0. The lowest BCUT2D eigenvalue weighted by Gasteiger charge is -2.03. The molecule has 2 N–H and O–H groups in total. The fourth-order valence-corrected chi connectivity index (χ4v) is 1.83. The van der Waals surface area contributed by atoms with Crippen LogP contribution in [0.4, 0.5) is 0 Å². The molecule has 0 saturated heterocycles. The average Bonchev–Trinajstić information content (AvgIpc) is 2.97. The number of hydrogen-bond acceptors (Lipinski definition) is 5. The Kier molecular flexibility index (Phi) is 5.31. The van der Waals surface area contributed by atoms with Crippen LogP contribution in [-0.2, 0) is 9.53 Å². The highest BCUT2D eigenvalue weighted by molar-refractivity contribution is 5.84. The van der Waals surface area contributed by atoms with Gasteiger partial charge in [0, 0.05) is 6.08 Å². The number of imidazole rings is 1. The first-order valence-corrected chi connectivity index (χ1v) is 6.89. The zero-order chi connectivity index (χ0) is 16.7. The van der Waals surface area contributed by atoms with E-state index in [1.807, 2.05) is 31.2 Å². The van der Waals surface area contributed by atoms with Crippen molar-refractivity contribution in [3.05, 3.63) is 60.2 Å². The molecule has 0 radical (unpaired) electrons. The number of carbonyl (C=O) groups excluding carboxylic acids is 1. The maximum absolute atomic E-state index is 11.4. The van der Waals surface area contributed by atoms with Crippen LogP contribution in [0.15, 0.2) is 54.3 Å². The summed E-state index contributed by atoms with van der Waals surface area (Å²) < 4.78 is 4.87. The smallest absolute Gasteiger partial charge is 0.331 e. The number of esters is 1. The topological polar surface area (TPSA) is 99.0 Å². The van der Waals surface area contributed by atoms with Crippen LogP contribution in [0.1, 0.15) is 12.7 Å². The molecule has 6 nitrogen and oxygen atoms in total. The quantitative estimate of drug-likeness (QED) is 0.291. The van der Waals surface area contributed by atoms with Gasteiger partial charge in [0.1, 0.15) is 18.2 Å². The van der Waals surface area contributed by atoms with E-state index in [-0.39, 0.29) is 17.2 Å². The maximum atomic E-state index is 11.4. The molecule has 6 heteroatoms. The number of benzene rings is 1. The lowest BCUT2D eigenvalue weighted by molar-refractivity contribution is -0.137. The zero-order valence-corrected chi connectivity index (χ0v) is 12.5. The number of para-hydroxylation sites is 2. The van der Waals surface area contributed by atoms with Gasteiger partial charge in [-0.05, 0) is 19.1 Å². The number of aliphatic hydroxyl groups is 1. The molecule has 1 aromatic heterocycles. The summed E-state index contributed by atoms with van der Waals surface area (Å²) in [5.41, 5.74) is 1.36. The van der Waals surface area contributed by atoms with Gasteiger partial charge in [-0.2, -0.15) is 5.26 Å². The fraction of sp³-hybridized carbons (Fsp3) is 0.118. The second-order valence-corrected chi connectivity index (χ2v) is 4.53. The van der Waals surface area contributed by atoms with E-state index >= 15 is 0 Å². The maximum Gasteiger partial charge on any atom is 0.331 e. The first kappa shape index (κ1) is 16.0. The molecule has 2 aromatic rings. The Hall–Kier alpha value is -3.33. The summed E-state index contributed by atoms with van der Waals surface area (Å²) in [6.07, 6.45) is 6.18. The Balaban J connectivity index is 2.16. The van der Waals surface area contributed by atoms with Gasteiger partial charge in [-0.3, -0.25) is 0 Å². The minimum Gasteiger partial charge on any atom is -0.507 e. The van der Waals surface area contributed by atoms with E-state index in [1.165, 1.54) is 12.2 Å². The van der Waals surface area contributed by atoms with Gasteiger partial charge in [0.15, 0.2) is 11.6 Å². The number of hydrogen-bond donors (Lipinski definition) is 2. The Morgan fingerprint density at radius 2 is 2.22 bits per heavy atom. The van der Waals surface area contributed by atoms with Crippen molar-refractivity contribution >= 4 is 22.6 Å². The van der Waals surface area contributed by atoms with Crippen molar-refractivity contribution in [2.45, 2.75) is 6.92 Å². The summed E-state index contributed by atoms with van der Waals surface area (Å²) in [5.74, 6) is -0.748. The predicted octanol–water partition coefficient (Wildman–Crippen LogP) is 3.03. The number of nitriles is 1. The van der Waals surface area contributed by atoms with Crippen LogP contribution in [0.25, 0.3) is 16.6 Å². The molecule has 0 unspecified atom stereocenters. The number of aromatic amines is 1. The number of ether oxygens (including phenoxy) is 1. The van der Waals surface area contributed by atoms with Crippen LogP contribution in [0.3, 0.4) is 0 Å². The number of rotatable bonds is 5. The summed E-state index contributed by atoms with van der Waals surface area (Å²) in [4.78, 5) is 18.6. The van der Waals surface area contributed by atoms with Crippen LogP contribution in [-0.4, -0.2) is 27.7 Å². The third-order valence-corrected chi connectivity index (χ3v) is 2.91. The number of H-pyrrole nitrogens is 1. The number of aromatic nitrogens is 2. The molecule has 0 aliphatic heterocycles. The van der Waals surface area contributed by atoms with Crippen molar-refractivity contribution in [1.82, 2.24) is 9.97 Å². The molecule has 0 spiro atoms. The van der Waals surface area contributed by atoms with Crippen LogP contribution >= 0.6 is 0 Å². The minimum absolute atomic E-state index is 0.0635. The van der Waals surface area contributed by atoms with Crippen molar-refractivity contribution in [2.24, 2.45) is 0 Å². The van der Waals surface area contributed by atoms with Crippen molar-refractivity contribution in [3.63, 3.8) is 0 Å². The Labute approximate surface area is 133 Å². The molecule has 0 amide bonds. The monoisotopic (exact) mass is 309 g/mol. The van der Waals surface area contributed by atoms with Gasteiger partial charge >= 0.3 is 5.97 Å². The lowest BCUT2D eigenvalue weighted by atomic mass is 10.2. The molecule has 1 aromatic carbocycles. The van der Waals surface area contributed by atoms with Gasteiger partial charge in [-0.25, -0.2) is 9.78 Å². The molecule has 0 atom stereocenters. The van der Waals surface area contributed by atoms with Crippen molar-refractivity contribution in [3.8, 4) is 6.07 Å². The number of allylic oxidation sites excluding steroid dienone is 4. The van der Waals surface area contributed by atoms with Crippen molar-refractivity contribution in [1.29, 1.82) is 5.26 Å². The lowest BCUT2D eigenvalue weighted by Crippen LogP contribution is -2.06. The summed E-state index contributed by atoms with van der Waals surface area (Å²) in [6.45, 7) is 1.41. The van der Waals surface area contributed by atoms with E-state index < -0.39 is 12.6 Å². The Bertz CT molecular complexity index is 805. The standard InChI is InChI=1S/C17H15N3O3/c1-2-3-4-9-16(22)23-11-15(21)12(10-18)17-19-13-7-5-6-8-14(13)20-17/h2-9,21H,11H2,1H3,(H,19,20)/b3-2+,9-4+,15-12-. The summed E-state index contributed by atoms with van der Waals surface area (Å²) in [5, 5.41) is 19.2. The molecule has 0 fully saturated rings. The number of carbonyl (C=O) groups is 1. The van der Waals surface area contributed by atoms with Gasteiger partial charge in [0.05, 0.1) is 11.0 Å². The molecule has 2 rings (SSSR count). The number of aliphatic hydroxyl groups excluding tert-OH is 1. The number of nitrogens with zero attached hydrogens (tertiary/aromatic N) is 2. The van der Waals surface area contributed by atoms with Crippen LogP contribution in [0.2, 0.25) is 0 Å². The number of nitrogens with one attached hydrogen (secondary N) is 1. The minimum atomic E-state index is -0.614. The normalized spacial score (nSPS) is 12.5. The van der Waals surface area contributed by atoms with Gasteiger partial charge in [-0.1, -0.05) is 30.4 Å². The fourth-order valence-electron chi connectivity index (χ4n) is 1.83. The summed E-state index contributed by atoms with van der Waals surface area (Å²) in [6, 6.07) is 9.12. The SMILES string of the molecule is C/C=C/C=C/C(=O)OC/C(O)=C(\C#N)c1nc2ccccc2[nH]1.